The summed E-state index contributed by atoms with van der Waals surface area (Å²) in [6, 6.07) is 5.95. The molecule has 1 aromatic heterocycles. The fourth-order valence-corrected chi connectivity index (χ4v) is 2.71. The van der Waals surface area contributed by atoms with Crippen LogP contribution in [-0.2, 0) is 4.79 Å². The third kappa shape index (κ3) is 7.36. The molecule has 1 aliphatic heterocycles. The van der Waals surface area contributed by atoms with E-state index in [9.17, 15) is 4.79 Å². The second-order valence-corrected chi connectivity index (χ2v) is 6.30. The molecule has 25 heavy (non-hydrogen) atoms. The van der Waals surface area contributed by atoms with Gasteiger partial charge in [0.15, 0.2) is 0 Å². The summed E-state index contributed by atoms with van der Waals surface area (Å²) < 4.78 is 0. The van der Waals surface area contributed by atoms with Crippen molar-refractivity contribution in [2.24, 2.45) is 5.73 Å². The van der Waals surface area contributed by atoms with Gasteiger partial charge in [0.25, 0.3) is 0 Å². The van der Waals surface area contributed by atoms with Crippen molar-refractivity contribution in [2.75, 3.05) is 44.2 Å². The third-order valence-corrected chi connectivity index (χ3v) is 4.76. The first kappa shape index (κ1) is 23.9. The molecule has 0 bridgehead atoms. The number of rotatable bonds is 7. The average Bonchev–Trinajstić information content (AvgIpc) is 2.61. The summed E-state index contributed by atoms with van der Waals surface area (Å²) in [6.45, 7) is 8.66. The molecule has 1 aromatic rings. The Labute approximate surface area is 163 Å². The molecule has 0 radical (unpaired) electrons. The quantitative estimate of drug-likeness (QED) is 0.739. The topological polar surface area (TPSA) is 74.5 Å². The van der Waals surface area contributed by atoms with Gasteiger partial charge in [-0.15, -0.1) is 24.8 Å². The highest BCUT2D eigenvalue weighted by atomic mass is 35.5. The first-order valence-electron chi connectivity index (χ1n) is 8.50. The van der Waals surface area contributed by atoms with Crippen LogP contribution in [0, 0.1) is 0 Å². The molecule has 1 saturated heterocycles. The molecule has 0 unspecified atom stereocenters. The zero-order chi connectivity index (χ0) is 16.7. The van der Waals surface area contributed by atoms with Gasteiger partial charge >= 0.3 is 0 Å². The second-order valence-electron chi connectivity index (χ2n) is 6.30. The Morgan fingerprint density at radius 2 is 1.84 bits per heavy atom. The zero-order valence-electron chi connectivity index (χ0n) is 15.1. The molecule has 2 heterocycles. The number of halogens is 2. The Bertz CT molecular complexity index is 491. The average molecular weight is 392 g/mol. The Balaban J connectivity index is 0.00000288. The first-order chi connectivity index (χ1) is 11.1. The monoisotopic (exact) mass is 391 g/mol. The fraction of sp³-hybridized carbons (Fsp3) is 0.647. The number of carbonyl (C=O) groups is 1. The Hall–Kier alpha value is -1.08. The van der Waals surface area contributed by atoms with Gasteiger partial charge in [0.2, 0.25) is 5.91 Å². The Kier molecular flexibility index (Phi) is 11.0. The van der Waals surface area contributed by atoms with Crippen LogP contribution in [-0.4, -0.2) is 60.6 Å². The van der Waals surface area contributed by atoms with Gasteiger partial charge in [0.05, 0.1) is 6.54 Å². The van der Waals surface area contributed by atoms with E-state index in [0.717, 1.165) is 44.8 Å². The number of hydrogen-bond acceptors (Lipinski definition) is 5. The van der Waals surface area contributed by atoms with Gasteiger partial charge in [-0.25, -0.2) is 4.98 Å². The van der Waals surface area contributed by atoms with E-state index in [4.69, 9.17) is 5.73 Å². The highest BCUT2D eigenvalue weighted by Gasteiger charge is 2.23. The molecule has 0 aromatic carbocycles. The Morgan fingerprint density at radius 3 is 2.36 bits per heavy atom. The number of piperazine rings is 1. The minimum atomic E-state index is -0.284. The van der Waals surface area contributed by atoms with E-state index in [1.165, 1.54) is 0 Å². The zero-order valence-corrected chi connectivity index (χ0v) is 16.7. The number of anilines is 1. The number of hydrogen-bond donors (Lipinski definition) is 2. The van der Waals surface area contributed by atoms with Crippen LogP contribution < -0.4 is 16.0 Å². The maximum atomic E-state index is 12.1. The molecular formula is C17H31Cl2N5O. The van der Waals surface area contributed by atoms with Crippen molar-refractivity contribution in [3.8, 4) is 0 Å². The highest BCUT2D eigenvalue weighted by molar-refractivity contribution is 5.85. The summed E-state index contributed by atoms with van der Waals surface area (Å²) in [5, 5.41) is 2.98. The summed E-state index contributed by atoms with van der Waals surface area (Å²) in [5.41, 5.74) is 5.93. The fourth-order valence-electron chi connectivity index (χ4n) is 2.71. The van der Waals surface area contributed by atoms with Gasteiger partial charge in [0, 0.05) is 44.5 Å². The summed E-state index contributed by atoms with van der Waals surface area (Å²) in [6.07, 6.45) is 3.55. The Morgan fingerprint density at radius 1 is 1.20 bits per heavy atom. The number of pyridine rings is 1. The van der Waals surface area contributed by atoms with E-state index in [-0.39, 0.29) is 36.3 Å². The molecule has 2 rings (SSSR count). The van der Waals surface area contributed by atoms with Crippen molar-refractivity contribution in [1.29, 1.82) is 0 Å². The molecule has 0 aliphatic carbocycles. The minimum absolute atomic E-state index is 0. The molecular weight excluding hydrogens is 361 g/mol. The molecule has 6 nitrogen and oxygen atoms in total. The molecule has 0 atom stereocenters. The number of nitrogens with one attached hydrogen (secondary N) is 1. The number of amides is 1. The van der Waals surface area contributed by atoms with Crippen LogP contribution in [0.25, 0.3) is 0 Å². The van der Waals surface area contributed by atoms with Crippen molar-refractivity contribution in [2.45, 2.75) is 32.2 Å². The van der Waals surface area contributed by atoms with E-state index in [1.54, 1.807) is 0 Å². The third-order valence-electron chi connectivity index (χ3n) is 4.76. The molecule has 0 spiro atoms. The molecule has 1 amide bonds. The number of carbonyl (C=O) groups excluding carboxylic acids is 1. The van der Waals surface area contributed by atoms with Crippen LogP contribution in [0.2, 0.25) is 0 Å². The maximum absolute atomic E-state index is 12.1. The summed E-state index contributed by atoms with van der Waals surface area (Å²) in [5.74, 6) is 1.07. The lowest BCUT2D eigenvalue weighted by Crippen LogP contribution is -2.53. The predicted molar refractivity (Wildman–Crippen MR) is 108 cm³/mol. The molecule has 0 saturated carbocycles. The first-order valence-corrected chi connectivity index (χ1v) is 8.50. The SMILES string of the molecule is CCC(N)(CC)CNC(=O)CN1CCN(c2ccccn2)CC1.Cl.Cl. The van der Waals surface area contributed by atoms with E-state index in [1.807, 2.05) is 24.4 Å². The van der Waals surface area contributed by atoms with E-state index < -0.39 is 0 Å². The van der Waals surface area contributed by atoms with Crippen molar-refractivity contribution in [3.05, 3.63) is 24.4 Å². The van der Waals surface area contributed by atoms with Gasteiger partial charge in [-0.1, -0.05) is 19.9 Å². The summed E-state index contributed by atoms with van der Waals surface area (Å²) >= 11 is 0. The van der Waals surface area contributed by atoms with E-state index in [0.29, 0.717) is 13.1 Å². The van der Waals surface area contributed by atoms with Crippen LogP contribution in [0.1, 0.15) is 26.7 Å². The lowest BCUT2D eigenvalue weighted by Gasteiger charge is -2.35. The van der Waals surface area contributed by atoms with Crippen LogP contribution in [0.5, 0.6) is 0 Å². The van der Waals surface area contributed by atoms with Gasteiger partial charge in [-0.05, 0) is 25.0 Å². The molecule has 3 N–H and O–H groups in total. The van der Waals surface area contributed by atoms with Crippen molar-refractivity contribution in [3.63, 3.8) is 0 Å². The number of nitrogens with zero attached hydrogens (tertiary/aromatic N) is 3. The largest absolute Gasteiger partial charge is 0.354 e. The summed E-state index contributed by atoms with van der Waals surface area (Å²) in [4.78, 5) is 20.9. The standard InChI is InChI=1S/C17H29N5O.2ClH/c1-3-17(18,4-2)14-20-16(23)13-21-9-11-22(12-10-21)15-7-5-6-8-19-15;;/h5-8H,3-4,9-14,18H2,1-2H3,(H,20,23);2*1H. The lowest BCUT2D eigenvalue weighted by atomic mass is 9.94. The van der Waals surface area contributed by atoms with Gasteiger partial charge in [0.1, 0.15) is 5.82 Å². The highest BCUT2D eigenvalue weighted by Crippen LogP contribution is 2.12. The second kappa shape index (κ2) is 11.5. The van der Waals surface area contributed by atoms with Crippen molar-refractivity contribution < 1.29 is 4.79 Å². The smallest absolute Gasteiger partial charge is 0.234 e. The molecule has 8 heteroatoms. The van der Waals surface area contributed by atoms with Crippen LogP contribution >= 0.6 is 24.8 Å². The minimum Gasteiger partial charge on any atom is -0.354 e. The predicted octanol–water partition coefficient (Wildman–Crippen LogP) is 1.68. The lowest BCUT2D eigenvalue weighted by molar-refractivity contribution is -0.122. The van der Waals surface area contributed by atoms with Crippen LogP contribution in [0.4, 0.5) is 5.82 Å². The van der Waals surface area contributed by atoms with Crippen LogP contribution in [0.3, 0.4) is 0 Å². The van der Waals surface area contributed by atoms with Gasteiger partial charge in [-0.2, -0.15) is 0 Å². The number of aromatic nitrogens is 1. The molecule has 1 fully saturated rings. The van der Waals surface area contributed by atoms with E-state index in [2.05, 4.69) is 33.9 Å². The van der Waals surface area contributed by atoms with Crippen molar-refractivity contribution >= 4 is 36.5 Å². The van der Waals surface area contributed by atoms with E-state index >= 15 is 0 Å². The van der Waals surface area contributed by atoms with Crippen molar-refractivity contribution in [1.82, 2.24) is 15.2 Å². The van der Waals surface area contributed by atoms with Gasteiger partial charge < -0.3 is 16.0 Å². The normalized spacial score (nSPS) is 15.1. The summed E-state index contributed by atoms with van der Waals surface area (Å²) in [7, 11) is 0. The molecule has 144 valence electrons. The number of nitrogens with two attached hydrogens (primary N) is 1. The molecule has 1 aliphatic rings. The van der Waals surface area contributed by atoms with Gasteiger partial charge in [-0.3, -0.25) is 9.69 Å². The maximum Gasteiger partial charge on any atom is 0.234 e. The van der Waals surface area contributed by atoms with Crippen LogP contribution in [0.15, 0.2) is 24.4 Å².